The van der Waals surface area contributed by atoms with Crippen molar-refractivity contribution in [1.82, 2.24) is 14.8 Å². The van der Waals surface area contributed by atoms with Crippen LogP contribution in [0.2, 0.25) is 0 Å². The van der Waals surface area contributed by atoms with Crippen molar-refractivity contribution in [3.8, 4) is 0 Å². The Kier molecular flexibility index (Phi) is 3.50. The van der Waals surface area contributed by atoms with Crippen LogP contribution in [0.4, 0.5) is 11.6 Å². The largest absolute Gasteiger partial charge is 0.383 e. The second kappa shape index (κ2) is 4.82. The zero-order chi connectivity index (χ0) is 14.2. The van der Waals surface area contributed by atoms with E-state index in [1.54, 1.807) is 20.0 Å². The molecule has 0 aromatic carbocycles. The van der Waals surface area contributed by atoms with Crippen LogP contribution < -0.4 is 10.5 Å². The number of nitrogens with two attached hydrogens (primary N) is 1. The van der Waals surface area contributed by atoms with Gasteiger partial charge in [0, 0.05) is 23.8 Å². The molecule has 9 heteroatoms. The number of nitrogens with zero attached hydrogens (tertiary/aromatic N) is 3. The van der Waals surface area contributed by atoms with Gasteiger partial charge in [-0.3, -0.25) is 9.40 Å². The molecule has 0 aliphatic heterocycles. The molecule has 7 nitrogen and oxygen atoms in total. The molecule has 2 aromatic heterocycles. The van der Waals surface area contributed by atoms with E-state index in [2.05, 4.69) is 30.7 Å². The summed E-state index contributed by atoms with van der Waals surface area (Å²) in [5.74, 6) is 0.298. The van der Waals surface area contributed by atoms with Crippen molar-refractivity contribution in [3.05, 3.63) is 28.5 Å². The van der Waals surface area contributed by atoms with Crippen LogP contribution in [0.5, 0.6) is 0 Å². The predicted octanol–water partition coefficient (Wildman–Crippen LogP) is 1.27. The first-order valence-electron chi connectivity index (χ1n) is 5.24. The van der Waals surface area contributed by atoms with Gasteiger partial charge in [-0.2, -0.15) is 5.10 Å². The Morgan fingerprint density at radius 2 is 2.11 bits per heavy atom. The van der Waals surface area contributed by atoms with Gasteiger partial charge >= 0.3 is 0 Å². The molecule has 0 radical (unpaired) electrons. The lowest BCUT2D eigenvalue weighted by Crippen LogP contribution is -2.17. The van der Waals surface area contributed by atoms with Crippen LogP contribution in [0.15, 0.2) is 27.7 Å². The van der Waals surface area contributed by atoms with E-state index in [1.165, 1.54) is 16.9 Å². The molecule has 0 aliphatic rings. The van der Waals surface area contributed by atoms with Gasteiger partial charge < -0.3 is 5.73 Å². The van der Waals surface area contributed by atoms with Crippen LogP contribution >= 0.6 is 15.9 Å². The van der Waals surface area contributed by atoms with E-state index in [4.69, 9.17) is 5.73 Å². The summed E-state index contributed by atoms with van der Waals surface area (Å²) in [6.07, 6.45) is 1.43. The maximum atomic E-state index is 12.2. The minimum absolute atomic E-state index is 0.0606. The Hall–Kier alpha value is -1.61. The van der Waals surface area contributed by atoms with Crippen molar-refractivity contribution >= 4 is 37.6 Å². The van der Waals surface area contributed by atoms with E-state index in [0.29, 0.717) is 16.0 Å². The van der Waals surface area contributed by atoms with E-state index in [-0.39, 0.29) is 10.7 Å². The van der Waals surface area contributed by atoms with Crippen LogP contribution in [-0.2, 0) is 17.1 Å². The number of sulfonamides is 1. The quantitative estimate of drug-likeness (QED) is 0.871. The number of halogens is 1. The van der Waals surface area contributed by atoms with Crippen molar-refractivity contribution < 1.29 is 8.42 Å². The highest BCUT2D eigenvalue weighted by Gasteiger charge is 2.20. The normalized spacial score (nSPS) is 11.5. The molecule has 0 spiro atoms. The maximum absolute atomic E-state index is 12.2. The smallest absolute Gasteiger partial charge is 0.266 e. The third-order valence-corrected chi connectivity index (χ3v) is 4.20. The van der Waals surface area contributed by atoms with E-state index in [9.17, 15) is 8.42 Å². The summed E-state index contributed by atoms with van der Waals surface area (Å²) in [5, 5.41) is 4.06. The number of hydrogen-bond acceptors (Lipinski definition) is 5. The Labute approximate surface area is 119 Å². The van der Waals surface area contributed by atoms with Gasteiger partial charge in [-0.1, -0.05) is 0 Å². The summed E-state index contributed by atoms with van der Waals surface area (Å²) in [4.78, 5) is 3.72. The molecule has 2 aromatic rings. The predicted molar refractivity (Wildman–Crippen MR) is 75.1 cm³/mol. The number of aromatic nitrogens is 3. The zero-order valence-electron chi connectivity index (χ0n) is 10.3. The van der Waals surface area contributed by atoms with E-state index < -0.39 is 10.0 Å². The number of nitrogens with one attached hydrogen (secondary N) is 1. The molecule has 0 saturated heterocycles. The van der Waals surface area contributed by atoms with Crippen LogP contribution in [-0.4, -0.2) is 23.2 Å². The average Bonchev–Trinajstić information content (AvgIpc) is 2.60. The fourth-order valence-electron chi connectivity index (χ4n) is 1.55. The van der Waals surface area contributed by atoms with Crippen LogP contribution in [0.1, 0.15) is 5.69 Å². The number of pyridine rings is 1. The second-order valence-electron chi connectivity index (χ2n) is 3.94. The number of aryl methyl sites for hydroxylation is 2. The Morgan fingerprint density at radius 1 is 1.42 bits per heavy atom. The van der Waals surface area contributed by atoms with Gasteiger partial charge in [0.1, 0.15) is 16.5 Å². The zero-order valence-corrected chi connectivity index (χ0v) is 12.7. The standard InChI is InChI=1S/C10H12BrN5O2S/c1-6-3-9(16(2)14-6)15-19(17,18)8-4-7(11)5-13-10(8)12/h3-5,15H,1-2H3,(H2,12,13). The van der Waals surface area contributed by atoms with E-state index >= 15 is 0 Å². The molecule has 0 fully saturated rings. The minimum atomic E-state index is -3.80. The lowest BCUT2D eigenvalue weighted by atomic mass is 10.5. The Morgan fingerprint density at radius 3 is 2.68 bits per heavy atom. The van der Waals surface area contributed by atoms with Crippen molar-refractivity contribution in [2.45, 2.75) is 11.8 Å². The molecule has 2 rings (SSSR count). The number of anilines is 2. The first kappa shape index (κ1) is 13.8. The third kappa shape index (κ3) is 2.87. The molecule has 0 bridgehead atoms. The highest BCUT2D eigenvalue weighted by atomic mass is 79.9. The molecule has 19 heavy (non-hydrogen) atoms. The van der Waals surface area contributed by atoms with Crippen molar-refractivity contribution in [1.29, 1.82) is 0 Å². The lowest BCUT2D eigenvalue weighted by Gasteiger charge is -2.09. The Bertz CT molecular complexity index is 726. The fraction of sp³-hybridized carbons (Fsp3) is 0.200. The van der Waals surface area contributed by atoms with Gasteiger partial charge in [0.25, 0.3) is 10.0 Å². The molecule has 0 saturated carbocycles. The summed E-state index contributed by atoms with van der Waals surface area (Å²) >= 11 is 3.16. The van der Waals surface area contributed by atoms with E-state index in [1.807, 2.05) is 0 Å². The number of nitrogen functional groups attached to an aromatic ring is 1. The van der Waals surface area contributed by atoms with Gasteiger partial charge in [-0.25, -0.2) is 13.4 Å². The summed E-state index contributed by atoms with van der Waals surface area (Å²) in [6, 6.07) is 3.02. The molecular weight excluding hydrogens is 334 g/mol. The summed E-state index contributed by atoms with van der Waals surface area (Å²) in [5.41, 5.74) is 6.31. The highest BCUT2D eigenvalue weighted by Crippen LogP contribution is 2.23. The van der Waals surface area contributed by atoms with E-state index in [0.717, 1.165) is 0 Å². The molecule has 0 unspecified atom stereocenters. The first-order valence-corrected chi connectivity index (χ1v) is 7.52. The molecular formula is C10H12BrN5O2S. The minimum Gasteiger partial charge on any atom is -0.383 e. The van der Waals surface area contributed by atoms with Gasteiger partial charge in [0.15, 0.2) is 0 Å². The highest BCUT2D eigenvalue weighted by molar-refractivity contribution is 9.10. The van der Waals surface area contributed by atoms with Crippen LogP contribution in [0.25, 0.3) is 0 Å². The molecule has 3 N–H and O–H groups in total. The van der Waals surface area contributed by atoms with Crippen LogP contribution in [0.3, 0.4) is 0 Å². The molecule has 0 aliphatic carbocycles. The first-order chi connectivity index (χ1) is 8.79. The molecule has 2 heterocycles. The van der Waals surface area contributed by atoms with Crippen molar-refractivity contribution in [2.24, 2.45) is 7.05 Å². The van der Waals surface area contributed by atoms with Crippen LogP contribution in [0, 0.1) is 6.92 Å². The molecule has 0 atom stereocenters. The van der Waals surface area contributed by atoms with Gasteiger partial charge in [0.2, 0.25) is 0 Å². The lowest BCUT2D eigenvalue weighted by molar-refractivity contribution is 0.600. The SMILES string of the molecule is Cc1cc(NS(=O)(=O)c2cc(Br)cnc2N)n(C)n1. The summed E-state index contributed by atoms with van der Waals surface area (Å²) < 4.78 is 28.9. The molecule has 0 amide bonds. The number of rotatable bonds is 3. The summed E-state index contributed by atoms with van der Waals surface area (Å²) in [6.45, 7) is 1.77. The topological polar surface area (TPSA) is 103 Å². The average molecular weight is 346 g/mol. The van der Waals surface area contributed by atoms with Gasteiger partial charge in [-0.05, 0) is 28.9 Å². The van der Waals surface area contributed by atoms with Crippen molar-refractivity contribution in [2.75, 3.05) is 10.5 Å². The second-order valence-corrected chi connectivity index (χ2v) is 6.50. The van der Waals surface area contributed by atoms with Gasteiger partial charge in [-0.15, -0.1) is 0 Å². The van der Waals surface area contributed by atoms with Crippen molar-refractivity contribution in [3.63, 3.8) is 0 Å². The summed E-state index contributed by atoms with van der Waals surface area (Å²) in [7, 11) is -2.16. The molecule has 102 valence electrons. The monoisotopic (exact) mass is 345 g/mol. The van der Waals surface area contributed by atoms with Gasteiger partial charge in [0.05, 0.1) is 5.69 Å². The Balaban J connectivity index is 2.43. The number of hydrogen-bond donors (Lipinski definition) is 2. The maximum Gasteiger partial charge on any atom is 0.266 e. The fourth-order valence-corrected chi connectivity index (χ4v) is 3.21. The third-order valence-electron chi connectivity index (χ3n) is 2.38.